The summed E-state index contributed by atoms with van der Waals surface area (Å²) >= 11 is 0. The van der Waals surface area contributed by atoms with E-state index in [9.17, 15) is 10.5 Å². The van der Waals surface area contributed by atoms with Gasteiger partial charge in [0.2, 0.25) is 0 Å². The Labute approximate surface area is 130 Å². The van der Waals surface area contributed by atoms with Crippen molar-refractivity contribution < 1.29 is 0 Å². The molecule has 0 atom stereocenters. The van der Waals surface area contributed by atoms with Gasteiger partial charge in [0.1, 0.15) is 12.1 Å². The highest BCUT2D eigenvalue weighted by molar-refractivity contribution is 6.09. The van der Waals surface area contributed by atoms with E-state index >= 15 is 0 Å². The first-order valence-corrected chi connectivity index (χ1v) is 7.26. The van der Waals surface area contributed by atoms with Crippen LogP contribution in [0.4, 0.5) is 0 Å². The van der Waals surface area contributed by atoms with Crippen molar-refractivity contribution in [2.24, 2.45) is 0 Å². The van der Waals surface area contributed by atoms with Crippen LogP contribution in [0.15, 0.2) is 42.5 Å². The molecular formula is C20H16N2. The molecule has 106 valence electrons. The van der Waals surface area contributed by atoms with E-state index in [1.807, 2.05) is 30.3 Å². The molecule has 3 aromatic rings. The fourth-order valence-corrected chi connectivity index (χ4v) is 2.89. The normalized spacial score (nSPS) is 11.3. The zero-order valence-corrected chi connectivity index (χ0v) is 12.9. The molecular weight excluding hydrogens is 268 g/mol. The SMILES string of the molecule is CC(C)(C)c1ccc2c(C#N)c3ccccc3c(C#N)c2c1. The molecule has 2 heteroatoms. The third-order valence-corrected chi connectivity index (χ3v) is 4.11. The smallest absolute Gasteiger partial charge is 0.100 e. The minimum atomic E-state index is -0.000628. The predicted octanol–water partition coefficient (Wildman–Crippen LogP) is 5.03. The molecule has 0 amide bonds. The second-order valence-corrected chi connectivity index (χ2v) is 6.53. The quantitative estimate of drug-likeness (QED) is 0.543. The van der Waals surface area contributed by atoms with Gasteiger partial charge in [-0.15, -0.1) is 0 Å². The van der Waals surface area contributed by atoms with Gasteiger partial charge in [-0.2, -0.15) is 10.5 Å². The molecule has 0 heterocycles. The zero-order valence-electron chi connectivity index (χ0n) is 12.9. The molecule has 0 N–H and O–H groups in total. The molecule has 0 radical (unpaired) electrons. The first-order valence-electron chi connectivity index (χ1n) is 7.26. The van der Waals surface area contributed by atoms with Crippen molar-refractivity contribution in [1.82, 2.24) is 0 Å². The van der Waals surface area contributed by atoms with Crippen molar-refractivity contribution in [1.29, 1.82) is 10.5 Å². The van der Waals surface area contributed by atoms with E-state index in [0.29, 0.717) is 11.1 Å². The van der Waals surface area contributed by atoms with Crippen molar-refractivity contribution >= 4 is 21.5 Å². The summed E-state index contributed by atoms with van der Waals surface area (Å²) in [5.74, 6) is 0. The number of rotatable bonds is 0. The third kappa shape index (κ3) is 2.01. The first-order chi connectivity index (χ1) is 10.5. The molecule has 0 saturated heterocycles. The number of nitriles is 2. The number of hydrogen-bond acceptors (Lipinski definition) is 2. The molecule has 0 aliphatic carbocycles. The Morgan fingerprint density at radius 1 is 0.727 bits per heavy atom. The Bertz CT molecular complexity index is 977. The Kier molecular flexibility index (Phi) is 3.12. The van der Waals surface area contributed by atoms with Crippen LogP contribution in [0.25, 0.3) is 21.5 Å². The largest absolute Gasteiger partial charge is 0.192 e. The molecule has 0 aliphatic rings. The molecule has 0 unspecified atom stereocenters. The summed E-state index contributed by atoms with van der Waals surface area (Å²) in [5.41, 5.74) is 2.45. The van der Waals surface area contributed by atoms with Crippen molar-refractivity contribution in [3.8, 4) is 12.1 Å². The highest BCUT2D eigenvalue weighted by Crippen LogP contribution is 2.34. The fraction of sp³-hybridized carbons (Fsp3) is 0.200. The minimum absolute atomic E-state index is 0.000628. The number of fused-ring (bicyclic) bond motifs is 2. The van der Waals surface area contributed by atoms with Crippen molar-refractivity contribution in [2.45, 2.75) is 26.2 Å². The van der Waals surface area contributed by atoms with Gasteiger partial charge in [0.15, 0.2) is 0 Å². The van der Waals surface area contributed by atoms with Gasteiger partial charge in [0.05, 0.1) is 11.1 Å². The Morgan fingerprint density at radius 3 is 1.73 bits per heavy atom. The van der Waals surface area contributed by atoms with Gasteiger partial charge < -0.3 is 0 Å². The summed E-state index contributed by atoms with van der Waals surface area (Å²) in [6, 6.07) is 18.4. The zero-order chi connectivity index (χ0) is 15.9. The van der Waals surface area contributed by atoms with Gasteiger partial charge in [-0.1, -0.05) is 57.2 Å². The standard InChI is InChI=1S/C20H16N2/c1-20(2,3)13-8-9-16-17(10-13)19(12-22)15-7-5-4-6-14(15)18(16)11-21/h4-10H,1-3H3. The Balaban J connectivity index is 2.58. The second-order valence-electron chi connectivity index (χ2n) is 6.53. The molecule has 3 rings (SSSR count). The fourth-order valence-electron chi connectivity index (χ4n) is 2.89. The molecule has 0 spiro atoms. The van der Waals surface area contributed by atoms with E-state index in [1.54, 1.807) is 0 Å². The summed E-state index contributed by atoms with van der Waals surface area (Å²) in [5, 5.41) is 22.7. The summed E-state index contributed by atoms with van der Waals surface area (Å²) in [7, 11) is 0. The van der Waals surface area contributed by atoms with Crippen LogP contribution in [-0.2, 0) is 5.41 Å². The first kappa shape index (κ1) is 14.1. The highest BCUT2D eigenvalue weighted by Gasteiger charge is 2.18. The van der Waals surface area contributed by atoms with E-state index in [-0.39, 0.29) is 5.41 Å². The number of nitrogens with zero attached hydrogens (tertiary/aromatic N) is 2. The maximum Gasteiger partial charge on any atom is 0.100 e. The summed E-state index contributed by atoms with van der Waals surface area (Å²) in [4.78, 5) is 0. The molecule has 3 aromatic carbocycles. The topological polar surface area (TPSA) is 47.6 Å². The molecule has 0 saturated carbocycles. The van der Waals surface area contributed by atoms with Crippen molar-refractivity contribution in [3.05, 3.63) is 59.2 Å². The molecule has 0 fully saturated rings. The van der Waals surface area contributed by atoms with Gasteiger partial charge in [-0.25, -0.2) is 0 Å². The lowest BCUT2D eigenvalue weighted by Gasteiger charge is -2.20. The average Bonchev–Trinajstić information content (AvgIpc) is 2.51. The monoisotopic (exact) mass is 284 g/mol. The number of benzene rings is 3. The molecule has 22 heavy (non-hydrogen) atoms. The van der Waals surface area contributed by atoms with Gasteiger partial charge >= 0.3 is 0 Å². The van der Waals surface area contributed by atoms with Crippen molar-refractivity contribution in [3.63, 3.8) is 0 Å². The van der Waals surface area contributed by atoms with Crippen LogP contribution in [0.2, 0.25) is 0 Å². The lowest BCUT2D eigenvalue weighted by molar-refractivity contribution is 0.591. The van der Waals surface area contributed by atoms with Crippen LogP contribution in [-0.4, -0.2) is 0 Å². The second kappa shape index (κ2) is 4.86. The predicted molar refractivity (Wildman–Crippen MR) is 89.6 cm³/mol. The van der Waals surface area contributed by atoms with Crippen LogP contribution in [0.1, 0.15) is 37.5 Å². The van der Waals surface area contributed by atoms with Crippen molar-refractivity contribution in [2.75, 3.05) is 0 Å². The summed E-state index contributed by atoms with van der Waals surface area (Å²) in [6.45, 7) is 6.44. The molecule has 0 aromatic heterocycles. The molecule has 0 bridgehead atoms. The van der Waals surface area contributed by atoms with Crippen LogP contribution in [0, 0.1) is 22.7 Å². The lowest BCUT2D eigenvalue weighted by Crippen LogP contribution is -2.10. The van der Waals surface area contributed by atoms with Crippen LogP contribution >= 0.6 is 0 Å². The maximum absolute atomic E-state index is 9.66. The highest BCUT2D eigenvalue weighted by atomic mass is 14.3. The van der Waals surface area contributed by atoms with Crippen LogP contribution in [0.3, 0.4) is 0 Å². The van der Waals surface area contributed by atoms with Gasteiger partial charge in [0, 0.05) is 21.5 Å². The van der Waals surface area contributed by atoms with E-state index in [2.05, 4.69) is 45.0 Å². The van der Waals surface area contributed by atoms with Gasteiger partial charge in [-0.3, -0.25) is 0 Å². The maximum atomic E-state index is 9.66. The van der Waals surface area contributed by atoms with Crippen LogP contribution in [0.5, 0.6) is 0 Å². The summed E-state index contributed by atoms with van der Waals surface area (Å²) in [6.07, 6.45) is 0. The molecule has 0 aliphatic heterocycles. The van der Waals surface area contributed by atoms with E-state index in [4.69, 9.17) is 0 Å². The van der Waals surface area contributed by atoms with Crippen LogP contribution < -0.4 is 0 Å². The van der Waals surface area contributed by atoms with E-state index in [0.717, 1.165) is 27.1 Å². The lowest BCUT2D eigenvalue weighted by atomic mass is 9.83. The van der Waals surface area contributed by atoms with Gasteiger partial charge in [-0.05, 0) is 17.0 Å². The summed E-state index contributed by atoms with van der Waals surface area (Å²) < 4.78 is 0. The van der Waals surface area contributed by atoms with E-state index < -0.39 is 0 Å². The number of hydrogen-bond donors (Lipinski definition) is 0. The average molecular weight is 284 g/mol. The Morgan fingerprint density at radius 2 is 1.23 bits per heavy atom. The minimum Gasteiger partial charge on any atom is -0.192 e. The third-order valence-electron chi connectivity index (χ3n) is 4.11. The van der Waals surface area contributed by atoms with Gasteiger partial charge in [0.25, 0.3) is 0 Å². The molecule has 2 nitrogen and oxygen atoms in total. The Hall–Kier alpha value is -2.84. The van der Waals surface area contributed by atoms with E-state index in [1.165, 1.54) is 0 Å².